The molecule has 4 atom stereocenters. The van der Waals surface area contributed by atoms with Crippen LogP contribution in [0.5, 0.6) is 0 Å². The van der Waals surface area contributed by atoms with Crippen molar-refractivity contribution < 1.29 is 37.1 Å². The highest BCUT2D eigenvalue weighted by Crippen LogP contribution is 2.58. The normalized spacial score (nSPS) is 28.6. The number of hydrogen-bond acceptors (Lipinski definition) is 8. The number of alkyl carbamates (subject to hydrolysis) is 1. The maximum Gasteiger partial charge on any atom is 0.407 e. The van der Waals surface area contributed by atoms with Gasteiger partial charge in [-0.25, -0.2) is 24.2 Å². The number of ether oxygens (including phenoxy) is 1. The van der Waals surface area contributed by atoms with Gasteiger partial charge < -0.3 is 21.1 Å². The smallest absolute Gasteiger partial charge is 0.407 e. The van der Waals surface area contributed by atoms with Crippen LogP contribution < -0.4 is 22.1 Å². The molecule has 16 heteroatoms. The molecule has 2 aliphatic rings. The van der Waals surface area contributed by atoms with Crippen molar-refractivity contribution in [2.75, 3.05) is 12.4 Å². The maximum atomic E-state index is 13.8. The molecule has 13 nitrogen and oxygen atoms in total. The lowest BCUT2D eigenvalue weighted by atomic mass is 10.2. The van der Waals surface area contributed by atoms with Crippen LogP contribution in [-0.4, -0.2) is 60.2 Å². The highest BCUT2D eigenvalue weighted by molar-refractivity contribution is 5.90. The van der Waals surface area contributed by atoms with E-state index in [4.69, 9.17) is 15.3 Å². The number of nitrogens with one attached hydrogen (secondary N) is 2. The van der Waals surface area contributed by atoms with Gasteiger partial charge in [0.15, 0.2) is 11.2 Å². The number of nitrogens with two attached hydrogens (primary N) is 1. The summed E-state index contributed by atoms with van der Waals surface area (Å²) in [6, 6.07) is 1.64. The fourth-order valence-corrected chi connectivity index (χ4v) is 5.62. The number of aryl methyl sites for hydroxylation is 2. The summed E-state index contributed by atoms with van der Waals surface area (Å²) >= 11 is 0. The summed E-state index contributed by atoms with van der Waals surface area (Å²) in [5.41, 5.74) is 1.17. The first-order valence-corrected chi connectivity index (χ1v) is 12.6. The largest absolute Gasteiger partial charge is 0.453 e. The average Bonchev–Trinajstić information content (AvgIpc) is 3.33. The Morgan fingerprint density at radius 3 is 2.74 bits per heavy atom. The van der Waals surface area contributed by atoms with Crippen LogP contribution in [0.3, 0.4) is 0 Å². The number of alkyl halides is 3. The average molecular weight is 595 g/mol. The number of pyridine rings is 2. The third kappa shape index (κ3) is 4.23. The van der Waals surface area contributed by atoms with E-state index in [-0.39, 0.29) is 53.0 Å². The van der Waals surface area contributed by atoms with Gasteiger partial charge in [0.2, 0.25) is 5.91 Å². The van der Waals surface area contributed by atoms with E-state index in [0.29, 0.717) is 9.25 Å². The minimum Gasteiger partial charge on any atom is -0.453 e. The van der Waals surface area contributed by atoms with Gasteiger partial charge in [0.25, 0.3) is 0 Å². The topological polar surface area (TPSA) is 164 Å². The zero-order valence-corrected chi connectivity index (χ0v) is 21.8. The van der Waals surface area contributed by atoms with E-state index in [9.17, 15) is 27.6 Å². The van der Waals surface area contributed by atoms with Crippen molar-refractivity contribution >= 4 is 45.7 Å². The van der Waals surface area contributed by atoms with Crippen molar-refractivity contribution in [1.82, 2.24) is 34.2 Å². The van der Waals surface area contributed by atoms with E-state index in [1.807, 2.05) is 0 Å². The van der Waals surface area contributed by atoms with E-state index in [1.165, 1.54) is 22.8 Å². The Kier molecular flexibility index (Phi) is 4.57. The lowest BCUT2D eigenvalue weighted by Crippen LogP contribution is -2.39. The predicted molar refractivity (Wildman–Crippen MR) is 144 cm³/mol. The van der Waals surface area contributed by atoms with E-state index in [1.54, 1.807) is 0 Å². The van der Waals surface area contributed by atoms with Crippen molar-refractivity contribution in [1.29, 1.82) is 0 Å². The molecule has 2 saturated carbocycles. The van der Waals surface area contributed by atoms with E-state index in [2.05, 4.69) is 30.4 Å². The SMILES string of the molecule is [2H]C([2H])([2H])c1nn([C@@]2(C(N)=O)C[C@@H]2C(F)(F)F)c2nc(Nc3cc4c(cn3)n(C([2H])([2H])[2H])c(=O)n4[C@@H]3CC[C@@]([2H])(NC(=O)OC)C3)ccc12. The summed E-state index contributed by atoms with van der Waals surface area (Å²) < 4.78 is 104. The molecule has 2 amide bonds. The lowest BCUT2D eigenvalue weighted by molar-refractivity contribution is -0.160. The molecular formula is C26H28F3N9O4. The summed E-state index contributed by atoms with van der Waals surface area (Å²) in [7, 11) is 1.13. The number of halogens is 3. The molecule has 2 fully saturated rings. The molecule has 4 aromatic rings. The van der Waals surface area contributed by atoms with Crippen LogP contribution in [0.2, 0.25) is 0 Å². The van der Waals surface area contributed by atoms with Crippen LogP contribution in [0.1, 0.15) is 47.0 Å². The van der Waals surface area contributed by atoms with Gasteiger partial charge in [-0.1, -0.05) is 0 Å². The highest BCUT2D eigenvalue weighted by atomic mass is 19.4. The number of methoxy groups -OCH3 is 1. The number of primary amides is 1. The van der Waals surface area contributed by atoms with Crippen LogP contribution in [0.15, 0.2) is 29.2 Å². The van der Waals surface area contributed by atoms with Crippen LogP contribution in [0.4, 0.5) is 29.6 Å². The van der Waals surface area contributed by atoms with Crippen molar-refractivity contribution in [3.63, 3.8) is 0 Å². The minimum atomic E-state index is -4.85. The molecule has 0 aromatic carbocycles. The number of fused-ring (bicyclic) bond motifs is 2. The fraction of sp³-hybridized carbons (Fsp3) is 0.462. The fourth-order valence-electron chi connectivity index (χ4n) is 5.62. The number of amides is 2. The summed E-state index contributed by atoms with van der Waals surface area (Å²) in [6.07, 6.45) is -5.08. The molecule has 4 N–H and O–H groups in total. The Morgan fingerprint density at radius 1 is 1.26 bits per heavy atom. The number of carbonyl (C=O) groups excluding carboxylic acids is 2. The quantitative estimate of drug-likeness (QED) is 0.307. The van der Waals surface area contributed by atoms with Gasteiger partial charge in [-0.2, -0.15) is 18.3 Å². The lowest BCUT2D eigenvalue weighted by Gasteiger charge is -2.17. The van der Waals surface area contributed by atoms with Crippen molar-refractivity contribution in [2.45, 2.75) is 56.3 Å². The first kappa shape index (κ1) is 20.3. The Morgan fingerprint density at radius 2 is 2.07 bits per heavy atom. The molecule has 0 unspecified atom stereocenters. The molecule has 4 aromatic heterocycles. The second-order valence-electron chi connectivity index (χ2n) is 10.2. The van der Waals surface area contributed by atoms with Gasteiger partial charge in [0, 0.05) is 38.7 Å². The molecule has 6 rings (SSSR count). The summed E-state index contributed by atoms with van der Waals surface area (Å²) in [6.45, 7) is -5.81. The van der Waals surface area contributed by atoms with Gasteiger partial charge in [-0.05, 0) is 44.7 Å². The molecule has 0 radical (unpaired) electrons. The first-order chi connectivity index (χ1) is 22.6. The molecule has 222 valence electrons. The molecule has 0 saturated heterocycles. The number of nitrogens with zero attached hydrogens (tertiary/aromatic N) is 6. The van der Waals surface area contributed by atoms with Gasteiger partial charge in [-0.15, -0.1) is 0 Å². The van der Waals surface area contributed by atoms with Crippen LogP contribution in [0.25, 0.3) is 22.1 Å². The first-order valence-electron chi connectivity index (χ1n) is 16.1. The van der Waals surface area contributed by atoms with Crippen LogP contribution >= 0.6 is 0 Å². The number of carbonyl (C=O) groups is 2. The predicted octanol–water partition coefficient (Wildman–Crippen LogP) is 2.74. The second-order valence-corrected chi connectivity index (χ2v) is 10.2. The molecule has 4 heterocycles. The van der Waals surface area contributed by atoms with Gasteiger partial charge in [-0.3, -0.25) is 13.9 Å². The molecule has 0 aliphatic heterocycles. The zero-order chi connectivity index (χ0) is 36.1. The Labute approximate surface area is 245 Å². The summed E-state index contributed by atoms with van der Waals surface area (Å²) in [4.78, 5) is 46.3. The zero-order valence-electron chi connectivity index (χ0n) is 28.8. The summed E-state index contributed by atoms with van der Waals surface area (Å²) in [5.74, 6) is -3.69. The Bertz CT molecular complexity index is 2080. The molecule has 2 aliphatic carbocycles. The van der Waals surface area contributed by atoms with E-state index >= 15 is 0 Å². The van der Waals surface area contributed by atoms with Gasteiger partial charge in [0.05, 0.1) is 37.3 Å². The molecular weight excluding hydrogens is 559 g/mol. The number of imidazole rings is 1. The molecule has 0 bridgehead atoms. The number of hydrogen-bond donors (Lipinski definition) is 3. The third-order valence-electron chi connectivity index (χ3n) is 7.77. The van der Waals surface area contributed by atoms with Crippen molar-refractivity contribution in [3.8, 4) is 0 Å². The van der Waals surface area contributed by atoms with E-state index in [0.717, 1.165) is 13.3 Å². The molecule has 42 heavy (non-hydrogen) atoms. The van der Waals surface area contributed by atoms with Crippen molar-refractivity contribution in [3.05, 3.63) is 40.6 Å². The summed E-state index contributed by atoms with van der Waals surface area (Å²) in [5, 5.41) is 9.00. The second kappa shape index (κ2) is 9.46. The minimum absolute atomic E-state index is 0.00933. The van der Waals surface area contributed by atoms with Crippen LogP contribution in [-0.2, 0) is 22.0 Å². The highest BCUT2D eigenvalue weighted by Gasteiger charge is 2.73. The Hall–Kier alpha value is -4.63. The van der Waals surface area contributed by atoms with Gasteiger partial charge in [0.1, 0.15) is 11.6 Å². The third-order valence-corrected chi connectivity index (χ3v) is 7.77. The Balaban J connectivity index is 1.44. The maximum absolute atomic E-state index is 13.8. The van der Waals surface area contributed by atoms with Gasteiger partial charge >= 0.3 is 18.0 Å². The standard InChI is InChI=1S/C26H28F3N9O4/c1-12-15-6-7-19(34-21(15)38(35-12)25(22(30)39)10-18(25)26(27,28)29)33-20-9-16-17(11-31-20)36(2)24(41)37(16)14-5-4-13(8-14)32-23(40)42-3/h6-7,9,11,13-14,18H,4-5,8,10H2,1-3H3,(H2,30,39)(H,32,40)(H,31,33,34)/t13-,14-,18+,25+/m1/s1/i1D3,2D3,13D. The van der Waals surface area contributed by atoms with Crippen LogP contribution in [0, 0.1) is 12.8 Å². The van der Waals surface area contributed by atoms with Crippen molar-refractivity contribution in [2.24, 2.45) is 18.6 Å². The molecule has 0 spiro atoms. The van der Waals surface area contributed by atoms with E-state index < -0.39 is 73.3 Å². The monoisotopic (exact) mass is 594 g/mol. The number of aromatic nitrogens is 6. The number of anilines is 2. The number of rotatable bonds is 6.